The zero-order chi connectivity index (χ0) is 41.7. The summed E-state index contributed by atoms with van der Waals surface area (Å²) in [5, 5.41) is 4.79. The van der Waals surface area contributed by atoms with Gasteiger partial charge in [0.25, 0.3) is 0 Å². The van der Waals surface area contributed by atoms with Crippen molar-refractivity contribution < 1.29 is 4.42 Å². The zero-order valence-corrected chi connectivity index (χ0v) is 34.4. The molecular formula is C60H40N2O. The SMILES string of the molecule is c1ccc(-c2cccc(N(c3ccc(-c4cccc(-c5ccc(-n6c7ccccc7c7ccccc76)cc5)c4)cc3)c3cccc(-c4cccc5oc6ccccc6c45)c3)c2)cc1. The van der Waals surface area contributed by atoms with Crippen molar-refractivity contribution in [1.82, 2.24) is 4.57 Å². The minimum Gasteiger partial charge on any atom is -0.456 e. The van der Waals surface area contributed by atoms with E-state index in [1.165, 1.54) is 49.6 Å². The summed E-state index contributed by atoms with van der Waals surface area (Å²) in [5.74, 6) is 0. The van der Waals surface area contributed by atoms with Gasteiger partial charge in [0.05, 0.1) is 11.0 Å². The van der Waals surface area contributed by atoms with Crippen LogP contribution in [-0.4, -0.2) is 4.57 Å². The van der Waals surface area contributed by atoms with Gasteiger partial charge in [-0.05, 0) is 123 Å². The van der Waals surface area contributed by atoms with Crippen LogP contribution in [0.3, 0.4) is 0 Å². The molecule has 3 heteroatoms. The molecule has 12 rings (SSSR count). The fourth-order valence-corrected chi connectivity index (χ4v) is 9.42. The fraction of sp³-hybridized carbons (Fsp3) is 0. The molecule has 0 saturated carbocycles. The minimum atomic E-state index is 0.891. The summed E-state index contributed by atoms with van der Waals surface area (Å²) in [6, 6.07) is 87.1. The maximum absolute atomic E-state index is 6.30. The van der Waals surface area contributed by atoms with E-state index in [2.05, 4.69) is 240 Å². The lowest BCUT2D eigenvalue weighted by atomic mass is 9.98. The van der Waals surface area contributed by atoms with E-state index in [0.29, 0.717) is 0 Å². The van der Waals surface area contributed by atoms with E-state index in [1.54, 1.807) is 0 Å². The third kappa shape index (κ3) is 6.46. The molecule has 2 heterocycles. The van der Waals surface area contributed by atoms with E-state index < -0.39 is 0 Å². The molecule has 0 atom stereocenters. The Morgan fingerprint density at radius 3 is 1.46 bits per heavy atom. The summed E-state index contributed by atoms with van der Waals surface area (Å²) in [4.78, 5) is 2.36. The summed E-state index contributed by atoms with van der Waals surface area (Å²) >= 11 is 0. The van der Waals surface area contributed by atoms with Crippen LogP contribution in [-0.2, 0) is 0 Å². The van der Waals surface area contributed by atoms with Crippen LogP contribution in [0.1, 0.15) is 0 Å². The summed E-state index contributed by atoms with van der Waals surface area (Å²) in [5.41, 5.74) is 17.9. The standard InChI is InChI=1S/C60H40N2O/c1-2-14-41(15-3-1)46-18-11-20-50(39-46)61(51-21-12-19-47(40-51)52-25-13-29-59-60(52)55-24-6-9-28-58(55)63-59)48-34-30-42(31-35-48)44-16-10-17-45(38-44)43-32-36-49(37-33-43)62-56-26-7-4-22-53(56)54-23-5-8-27-57(54)62/h1-40H. The molecule has 0 aliphatic carbocycles. The minimum absolute atomic E-state index is 0.891. The van der Waals surface area contributed by atoms with E-state index in [9.17, 15) is 0 Å². The lowest BCUT2D eigenvalue weighted by Crippen LogP contribution is -2.10. The summed E-state index contributed by atoms with van der Waals surface area (Å²) in [6.07, 6.45) is 0. The molecule has 0 aliphatic heterocycles. The molecule has 0 radical (unpaired) electrons. The first-order valence-electron chi connectivity index (χ1n) is 21.5. The van der Waals surface area contributed by atoms with Gasteiger partial charge in [0.1, 0.15) is 11.2 Å². The van der Waals surface area contributed by atoms with E-state index in [1.807, 2.05) is 12.1 Å². The first kappa shape index (κ1) is 36.5. The van der Waals surface area contributed by atoms with Crippen LogP contribution in [0, 0.1) is 0 Å². The second-order valence-electron chi connectivity index (χ2n) is 16.1. The topological polar surface area (TPSA) is 21.3 Å². The van der Waals surface area contributed by atoms with Crippen LogP contribution in [0.5, 0.6) is 0 Å². The van der Waals surface area contributed by atoms with Gasteiger partial charge in [-0.25, -0.2) is 0 Å². The zero-order valence-electron chi connectivity index (χ0n) is 34.4. The highest BCUT2D eigenvalue weighted by molar-refractivity contribution is 6.12. The van der Waals surface area contributed by atoms with Gasteiger partial charge in [-0.3, -0.25) is 0 Å². The number of hydrogen-bond acceptors (Lipinski definition) is 2. The highest BCUT2D eigenvalue weighted by atomic mass is 16.3. The van der Waals surface area contributed by atoms with E-state index in [0.717, 1.165) is 61.4 Å². The maximum atomic E-state index is 6.30. The predicted molar refractivity (Wildman–Crippen MR) is 264 cm³/mol. The highest BCUT2D eigenvalue weighted by Gasteiger charge is 2.18. The van der Waals surface area contributed by atoms with E-state index >= 15 is 0 Å². The molecule has 0 aliphatic rings. The van der Waals surface area contributed by atoms with Crippen molar-refractivity contribution in [3.63, 3.8) is 0 Å². The number of anilines is 3. The monoisotopic (exact) mass is 804 g/mol. The Labute approximate surface area is 366 Å². The van der Waals surface area contributed by atoms with Crippen molar-refractivity contribution in [1.29, 1.82) is 0 Å². The van der Waals surface area contributed by atoms with Gasteiger partial charge in [0.2, 0.25) is 0 Å². The molecule has 296 valence electrons. The van der Waals surface area contributed by atoms with Gasteiger partial charge in [-0.1, -0.05) is 164 Å². The number of furan rings is 1. The third-order valence-corrected chi connectivity index (χ3v) is 12.4. The Balaban J connectivity index is 0.906. The summed E-state index contributed by atoms with van der Waals surface area (Å²) < 4.78 is 8.67. The second-order valence-corrected chi connectivity index (χ2v) is 16.1. The lowest BCUT2D eigenvalue weighted by molar-refractivity contribution is 0.669. The second kappa shape index (κ2) is 15.3. The van der Waals surface area contributed by atoms with Crippen molar-refractivity contribution >= 4 is 60.8 Å². The Kier molecular flexibility index (Phi) is 8.83. The van der Waals surface area contributed by atoms with Crippen LogP contribution in [0.25, 0.3) is 93.9 Å². The van der Waals surface area contributed by atoms with E-state index in [-0.39, 0.29) is 0 Å². The average Bonchev–Trinajstić information content (AvgIpc) is 3.91. The summed E-state index contributed by atoms with van der Waals surface area (Å²) in [7, 11) is 0. The average molecular weight is 805 g/mol. The van der Waals surface area contributed by atoms with Crippen molar-refractivity contribution in [2.75, 3.05) is 4.90 Å². The molecule has 0 N–H and O–H groups in total. The first-order valence-corrected chi connectivity index (χ1v) is 21.5. The Bertz CT molecular complexity index is 3560. The quantitative estimate of drug-likeness (QED) is 0.153. The van der Waals surface area contributed by atoms with Crippen LogP contribution in [0.2, 0.25) is 0 Å². The van der Waals surface area contributed by atoms with Crippen molar-refractivity contribution in [3.8, 4) is 50.2 Å². The van der Waals surface area contributed by atoms with Crippen LogP contribution in [0.4, 0.5) is 17.1 Å². The smallest absolute Gasteiger partial charge is 0.136 e. The molecule has 0 saturated heterocycles. The Morgan fingerprint density at radius 2 is 0.778 bits per heavy atom. The Morgan fingerprint density at radius 1 is 0.302 bits per heavy atom. The third-order valence-electron chi connectivity index (χ3n) is 12.4. The van der Waals surface area contributed by atoms with Gasteiger partial charge in [-0.15, -0.1) is 0 Å². The number of fused-ring (bicyclic) bond motifs is 6. The lowest BCUT2D eigenvalue weighted by Gasteiger charge is -2.27. The van der Waals surface area contributed by atoms with Gasteiger partial charge in [-0.2, -0.15) is 0 Å². The summed E-state index contributed by atoms with van der Waals surface area (Å²) in [6.45, 7) is 0. The largest absolute Gasteiger partial charge is 0.456 e. The normalized spacial score (nSPS) is 11.5. The predicted octanol–water partition coefficient (Wildman–Crippen LogP) is 16.8. The number of benzene rings is 10. The number of rotatable bonds is 8. The molecule has 0 amide bonds. The number of aromatic nitrogens is 1. The van der Waals surface area contributed by atoms with Crippen LogP contribution in [0.15, 0.2) is 247 Å². The number of para-hydroxylation sites is 3. The van der Waals surface area contributed by atoms with Gasteiger partial charge < -0.3 is 13.9 Å². The molecule has 0 spiro atoms. The highest BCUT2D eigenvalue weighted by Crippen LogP contribution is 2.42. The Hall–Kier alpha value is -8.40. The number of hydrogen-bond donors (Lipinski definition) is 0. The molecule has 3 nitrogen and oxygen atoms in total. The molecule has 63 heavy (non-hydrogen) atoms. The molecule has 10 aromatic carbocycles. The van der Waals surface area contributed by atoms with Crippen molar-refractivity contribution in [3.05, 3.63) is 243 Å². The maximum Gasteiger partial charge on any atom is 0.136 e. The fourth-order valence-electron chi connectivity index (χ4n) is 9.42. The van der Waals surface area contributed by atoms with Crippen LogP contribution >= 0.6 is 0 Å². The van der Waals surface area contributed by atoms with Crippen molar-refractivity contribution in [2.24, 2.45) is 0 Å². The molecule has 0 bridgehead atoms. The molecule has 12 aromatic rings. The van der Waals surface area contributed by atoms with E-state index in [4.69, 9.17) is 4.42 Å². The van der Waals surface area contributed by atoms with Gasteiger partial charge in [0, 0.05) is 44.3 Å². The molecule has 0 unspecified atom stereocenters. The molecule has 0 fully saturated rings. The van der Waals surface area contributed by atoms with Gasteiger partial charge in [0.15, 0.2) is 0 Å². The van der Waals surface area contributed by atoms with Crippen molar-refractivity contribution in [2.45, 2.75) is 0 Å². The first-order chi connectivity index (χ1) is 31.2. The molecular weight excluding hydrogens is 765 g/mol. The molecule has 2 aromatic heterocycles. The van der Waals surface area contributed by atoms with Gasteiger partial charge >= 0.3 is 0 Å². The van der Waals surface area contributed by atoms with Crippen LogP contribution < -0.4 is 4.90 Å². The number of nitrogens with zero attached hydrogens (tertiary/aromatic N) is 2.